The molecule has 0 heterocycles. The van der Waals surface area contributed by atoms with Gasteiger partial charge in [-0.1, -0.05) is 0 Å². The van der Waals surface area contributed by atoms with Crippen LogP contribution >= 0.6 is 0 Å². The molecular formula is C9F16O. The van der Waals surface area contributed by atoms with Crippen LogP contribution in [0.5, 0.6) is 0 Å². The van der Waals surface area contributed by atoms with Crippen molar-refractivity contribution in [2.45, 2.75) is 41.4 Å². The zero-order valence-corrected chi connectivity index (χ0v) is 11.0. The first-order valence-corrected chi connectivity index (χ1v) is 5.43. The molecule has 1 saturated carbocycles. The molecule has 0 aliphatic heterocycles. The average Bonchev–Trinajstić information content (AvgIpc) is 2.43. The van der Waals surface area contributed by atoms with Gasteiger partial charge in [-0.25, -0.2) is 4.39 Å². The normalized spacial score (nSPS) is 27.5. The minimum atomic E-state index is -8.10. The van der Waals surface area contributed by atoms with Crippen LogP contribution in [0, 0.1) is 0 Å². The van der Waals surface area contributed by atoms with E-state index in [0.29, 0.717) is 0 Å². The van der Waals surface area contributed by atoms with Gasteiger partial charge in [0.05, 0.1) is 0 Å². The van der Waals surface area contributed by atoms with Gasteiger partial charge in [-0.2, -0.15) is 65.9 Å². The van der Waals surface area contributed by atoms with Crippen molar-refractivity contribution in [2.75, 3.05) is 0 Å². The molecule has 0 aromatic rings. The Labute approximate surface area is 130 Å². The van der Waals surface area contributed by atoms with Crippen molar-refractivity contribution in [1.29, 1.82) is 0 Å². The van der Waals surface area contributed by atoms with Gasteiger partial charge in [0.1, 0.15) is 0 Å². The molecule has 0 spiro atoms. The van der Waals surface area contributed by atoms with E-state index in [0.717, 1.165) is 0 Å². The molecule has 0 N–H and O–H groups in total. The van der Waals surface area contributed by atoms with Crippen LogP contribution in [0.3, 0.4) is 0 Å². The summed E-state index contributed by atoms with van der Waals surface area (Å²) in [5, 5.41) is 0. The lowest BCUT2D eigenvalue weighted by molar-refractivity contribution is -0.524. The first-order chi connectivity index (χ1) is 11.1. The maximum Gasteiger partial charge on any atom is 0.447 e. The molecule has 154 valence electrons. The molecule has 1 aliphatic carbocycles. The van der Waals surface area contributed by atoms with Gasteiger partial charge in [0.2, 0.25) is 0 Å². The lowest BCUT2D eigenvalue weighted by Gasteiger charge is -2.53. The Hall–Kier alpha value is -1.58. The Balaban J connectivity index is 3.90. The van der Waals surface area contributed by atoms with Crippen molar-refractivity contribution in [3.63, 3.8) is 0 Å². The van der Waals surface area contributed by atoms with Gasteiger partial charge in [-0.05, 0) is 0 Å². The highest BCUT2D eigenvalue weighted by Gasteiger charge is 3.06. The molecule has 1 fully saturated rings. The number of alkyl halides is 13. The molecular weight excluding hydrogens is 428 g/mol. The SMILES string of the molecule is FC(F)=C(F)OC(F)(F)C1(F)C(F)(F)C(F)(F)C(F)(F)C(F)(F)C1(F)F. The highest BCUT2D eigenvalue weighted by atomic mass is 19.4. The topological polar surface area (TPSA) is 9.23 Å². The number of ether oxygens (including phenoxy) is 1. The zero-order valence-electron chi connectivity index (χ0n) is 11.0. The van der Waals surface area contributed by atoms with Crippen LogP contribution in [0.2, 0.25) is 0 Å². The molecule has 0 radical (unpaired) electrons. The van der Waals surface area contributed by atoms with E-state index >= 15 is 0 Å². The van der Waals surface area contributed by atoms with E-state index < -0.39 is 53.5 Å². The second kappa shape index (κ2) is 5.24. The largest absolute Gasteiger partial charge is 0.447 e. The van der Waals surface area contributed by atoms with Crippen molar-refractivity contribution in [2.24, 2.45) is 0 Å². The minimum absolute atomic E-state index is 1.75. The van der Waals surface area contributed by atoms with Crippen molar-refractivity contribution >= 4 is 0 Å². The summed E-state index contributed by atoms with van der Waals surface area (Å²) in [4.78, 5) is 0. The standard InChI is InChI=1S/C9F16O/c10-1(11)2(12)26-9(24,25)3(13)4(14,15)6(18,19)8(22,23)7(20,21)5(3,16)17. The second-order valence-electron chi connectivity index (χ2n) is 4.68. The third-order valence-corrected chi connectivity index (χ3v) is 3.21. The van der Waals surface area contributed by atoms with Gasteiger partial charge >= 0.3 is 53.5 Å². The lowest BCUT2D eigenvalue weighted by Crippen LogP contribution is -2.87. The number of hydrogen-bond donors (Lipinski definition) is 0. The fourth-order valence-corrected chi connectivity index (χ4v) is 1.81. The molecule has 0 bridgehead atoms. The van der Waals surface area contributed by atoms with Gasteiger partial charge in [0.15, 0.2) is 0 Å². The minimum Gasteiger partial charge on any atom is -0.399 e. The lowest BCUT2D eigenvalue weighted by atomic mass is 9.71. The highest BCUT2D eigenvalue weighted by molar-refractivity contribution is 5.29. The Morgan fingerprint density at radius 2 is 0.808 bits per heavy atom. The van der Waals surface area contributed by atoms with E-state index in [-0.39, 0.29) is 0 Å². The summed E-state index contributed by atoms with van der Waals surface area (Å²) in [5.74, 6) is -39.8. The summed E-state index contributed by atoms with van der Waals surface area (Å²) in [5.41, 5.74) is -8.10. The highest BCUT2D eigenvalue weighted by Crippen LogP contribution is 2.72. The Morgan fingerprint density at radius 3 is 1.08 bits per heavy atom. The maximum atomic E-state index is 13.8. The van der Waals surface area contributed by atoms with Crippen molar-refractivity contribution in [3.05, 3.63) is 12.1 Å². The van der Waals surface area contributed by atoms with Crippen molar-refractivity contribution < 1.29 is 75.0 Å². The van der Waals surface area contributed by atoms with E-state index in [1.54, 1.807) is 4.74 Å². The Morgan fingerprint density at radius 1 is 0.538 bits per heavy atom. The van der Waals surface area contributed by atoms with E-state index in [2.05, 4.69) is 0 Å². The van der Waals surface area contributed by atoms with Crippen LogP contribution in [-0.4, -0.2) is 41.4 Å². The number of hydrogen-bond acceptors (Lipinski definition) is 1. The first-order valence-electron chi connectivity index (χ1n) is 5.43. The van der Waals surface area contributed by atoms with Crippen LogP contribution in [0.15, 0.2) is 12.1 Å². The van der Waals surface area contributed by atoms with E-state index in [1.165, 1.54) is 0 Å². The van der Waals surface area contributed by atoms with Gasteiger partial charge in [-0.3, -0.25) is 0 Å². The Bertz CT molecular complexity index is 583. The van der Waals surface area contributed by atoms with Gasteiger partial charge in [0.25, 0.3) is 0 Å². The fourth-order valence-electron chi connectivity index (χ4n) is 1.81. The molecule has 1 nitrogen and oxygen atoms in total. The molecule has 26 heavy (non-hydrogen) atoms. The van der Waals surface area contributed by atoms with Gasteiger partial charge in [0, 0.05) is 0 Å². The van der Waals surface area contributed by atoms with Gasteiger partial charge < -0.3 is 4.74 Å². The summed E-state index contributed by atoms with van der Waals surface area (Å²) < 4.78 is 207. The molecule has 0 aromatic heterocycles. The van der Waals surface area contributed by atoms with Gasteiger partial charge in [-0.15, -0.1) is 0 Å². The summed E-state index contributed by atoms with van der Waals surface area (Å²) in [6.07, 6.45) is -11.7. The fraction of sp³-hybridized carbons (Fsp3) is 0.778. The van der Waals surface area contributed by atoms with E-state index in [4.69, 9.17) is 0 Å². The summed E-state index contributed by atoms with van der Waals surface area (Å²) in [6, 6.07) is -4.11. The molecule has 0 amide bonds. The van der Waals surface area contributed by atoms with Crippen LogP contribution in [0.4, 0.5) is 70.2 Å². The molecule has 0 saturated heterocycles. The van der Waals surface area contributed by atoms with Crippen LogP contribution in [0.1, 0.15) is 0 Å². The van der Waals surface area contributed by atoms with Crippen molar-refractivity contribution in [1.82, 2.24) is 0 Å². The Kier molecular flexibility index (Phi) is 4.52. The van der Waals surface area contributed by atoms with E-state index in [9.17, 15) is 70.2 Å². The first kappa shape index (κ1) is 22.5. The van der Waals surface area contributed by atoms with E-state index in [1.807, 2.05) is 0 Å². The molecule has 1 rings (SSSR count). The number of rotatable bonds is 3. The quantitative estimate of drug-likeness (QED) is 0.425. The third kappa shape index (κ3) is 2.07. The van der Waals surface area contributed by atoms with Crippen molar-refractivity contribution in [3.8, 4) is 0 Å². The average molecular weight is 428 g/mol. The molecule has 1 aliphatic rings. The van der Waals surface area contributed by atoms with Crippen LogP contribution in [-0.2, 0) is 4.74 Å². The molecule has 0 unspecified atom stereocenters. The number of halogens is 16. The van der Waals surface area contributed by atoms with Crippen LogP contribution in [0.25, 0.3) is 0 Å². The molecule has 17 heteroatoms. The predicted octanol–water partition coefficient (Wildman–Crippen LogP) is 5.53. The summed E-state index contributed by atoms with van der Waals surface area (Å²) in [7, 11) is 0. The third-order valence-electron chi connectivity index (χ3n) is 3.21. The maximum absolute atomic E-state index is 13.8. The second-order valence-corrected chi connectivity index (χ2v) is 4.68. The summed E-state index contributed by atoms with van der Waals surface area (Å²) in [6.45, 7) is 0. The molecule has 0 aromatic carbocycles. The zero-order chi connectivity index (χ0) is 21.4. The molecule has 0 atom stereocenters. The van der Waals surface area contributed by atoms with Crippen LogP contribution < -0.4 is 0 Å². The summed E-state index contributed by atoms with van der Waals surface area (Å²) >= 11 is 0. The smallest absolute Gasteiger partial charge is 0.399 e. The predicted molar refractivity (Wildman–Crippen MR) is 45.0 cm³/mol. The monoisotopic (exact) mass is 428 g/mol.